The fraction of sp³-hybridized carbons (Fsp3) is 0.429. The van der Waals surface area contributed by atoms with Crippen molar-refractivity contribution in [3.05, 3.63) is 62.5 Å². The van der Waals surface area contributed by atoms with Gasteiger partial charge in [0.05, 0.1) is 25.4 Å². The lowest BCUT2D eigenvalue weighted by atomic mass is 9.96. The highest BCUT2D eigenvalue weighted by atomic mass is 79.9. The third-order valence-corrected chi connectivity index (χ3v) is 6.10. The van der Waals surface area contributed by atoms with Gasteiger partial charge in [0.25, 0.3) is 0 Å². The lowest BCUT2D eigenvalue weighted by Crippen LogP contribution is -2.48. The number of fused-ring (bicyclic) bond motifs is 1. The zero-order valence-electron chi connectivity index (χ0n) is 15.2. The molecular formula is C21H24Br2N2O2. The van der Waals surface area contributed by atoms with Gasteiger partial charge in [-0.25, -0.2) is 0 Å². The molecule has 6 heteroatoms. The van der Waals surface area contributed by atoms with Gasteiger partial charge in [-0.3, -0.25) is 4.90 Å². The highest BCUT2D eigenvalue weighted by molar-refractivity contribution is 9.11. The molecule has 0 unspecified atom stereocenters. The van der Waals surface area contributed by atoms with Crippen molar-refractivity contribution in [1.29, 1.82) is 0 Å². The Balaban J connectivity index is 1.58. The van der Waals surface area contributed by atoms with E-state index in [1.807, 2.05) is 12.1 Å². The molecule has 0 aliphatic carbocycles. The fourth-order valence-electron chi connectivity index (χ4n) is 3.96. The van der Waals surface area contributed by atoms with Crippen molar-refractivity contribution in [1.82, 2.24) is 10.2 Å². The van der Waals surface area contributed by atoms with Crippen LogP contribution in [0.5, 0.6) is 5.75 Å². The van der Waals surface area contributed by atoms with E-state index in [0.29, 0.717) is 13.2 Å². The van der Waals surface area contributed by atoms with Crippen molar-refractivity contribution in [2.24, 2.45) is 0 Å². The van der Waals surface area contributed by atoms with Crippen LogP contribution in [0.25, 0.3) is 0 Å². The first-order valence-corrected chi connectivity index (χ1v) is 11.0. The van der Waals surface area contributed by atoms with Crippen LogP contribution in [0.4, 0.5) is 0 Å². The molecule has 144 valence electrons. The number of hydrogen-bond acceptors (Lipinski definition) is 4. The lowest BCUT2D eigenvalue weighted by Gasteiger charge is -2.38. The van der Waals surface area contributed by atoms with E-state index < -0.39 is 0 Å². The summed E-state index contributed by atoms with van der Waals surface area (Å²) in [6.45, 7) is 5.37. The second kappa shape index (κ2) is 9.05. The van der Waals surface area contributed by atoms with Gasteiger partial charge in [-0.2, -0.15) is 0 Å². The number of rotatable bonds is 4. The van der Waals surface area contributed by atoms with Crippen LogP contribution in [0.2, 0.25) is 0 Å². The number of ether oxygens (including phenoxy) is 2. The Morgan fingerprint density at radius 3 is 2.59 bits per heavy atom. The number of halogens is 2. The van der Waals surface area contributed by atoms with Crippen LogP contribution in [0.15, 0.2) is 51.4 Å². The van der Waals surface area contributed by atoms with Gasteiger partial charge in [0.1, 0.15) is 5.75 Å². The third kappa shape index (κ3) is 4.74. The summed E-state index contributed by atoms with van der Waals surface area (Å²) in [4.78, 5) is 2.55. The Morgan fingerprint density at radius 2 is 1.81 bits per heavy atom. The van der Waals surface area contributed by atoms with E-state index in [0.717, 1.165) is 52.9 Å². The Bertz CT molecular complexity index is 760. The Kier molecular flexibility index (Phi) is 6.50. The van der Waals surface area contributed by atoms with Crippen molar-refractivity contribution in [3.63, 3.8) is 0 Å². The summed E-state index contributed by atoms with van der Waals surface area (Å²) in [6, 6.07) is 14.9. The maximum atomic E-state index is 6.50. The molecule has 2 aliphatic rings. The normalized spacial score (nSPS) is 23.3. The van der Waals surface area contributed by atoms with Crippen LogP contribution in [0, 0.1) is 0 Å². The van der Waals surface area contributed by atoms with Crippen molar-refractivity contribution < 1.29 is 9.47 Å². The molecule has 0 saturated carbocycles. The summed E-state index contributed by atoms with van der Waals surface area (Å²) < 4.78 is 14.7. The summed E-state index contributed by atoms with van der Waals surface area (Å²) >= 11 is 7.13. The molecule has 27 heavy (non-hydrogen) atoms. The molecule has 0 spiro atoms. The number of piperazine rings is 1. The molecule has 1 fully saturated rings. The smallest absolute Gasteiger partial charge is 0.124 e. The second-order valence-corrected chi connectivity index (χ2v) is 8.86. The van der Waals surface area contributed by atoms with Crippen LogP contribution in [-0.4, -0.2) is 43.8 Å². The molecule has 2 atom stereocenters. The van der Waals surface area contributed by atoms with Crippen LogP contribution in [-0.2, 0) is 11.3 Å². The Morgan fingerprint density at radius 1 is 1.07 bits per heavy atom. The van der Waals surface area contributed by atoms with Crippen LogP contribution >= 0.6 is 31.9 Å². The van der Waals surface area contributed by atoms with Gasteiger partial charge < -0.3 is 14.8 Å². The van der Waals surface area contributed by atoms with Crippen molar-refractivity contribution in [3.8, 4) is 5.75 Å². The minimum Gasteiger partial charge on any atom is -0.493 e. The predicted octanol–water partition coefficient (Wildman–Crippen LogP) is 4.53. The number of nitrogens with zero attached hydrogens (tertiary/aromatic N) is 1. The summed E-state index contributed by atoms with van der Waals surface area (Å²) in [5.41, 5.74) is 2.41. The molecule has 0 bridgehead atoms. The van der Waals surface area contributed by atoms with E-state index in [-0.39, 0.29) is 12.1 Å². The van der Waals surface area contributed by atoms with Gasteiger partial charge in [0, 0.05) is 47.1 Å². The van der Waals surface area contributed by atoms with Gasteiger partial charge in [0.15, 0.2) is 0 Å². The summed E-state index contributed by atoms with van der Waals surface area (Å²) in [6.07, 6.45) is 0.989. The van der Waals surface area contributed by atoms with Gasteiger partial charge in [-0.15, -0.1) is 0 Å². The number of para-hydroxylation sites is 1. The highest BCUT2D eigenvalue weighted by Crippen LogP contribution is 2.37. The summed E-state index contributed by atoms with van der Waals surface area (Å²) in [7, 11) is 0. The van der Waals surface area contributed by atoms with E-state index in [4.69, 9.17) is 9.47 Å². The molecule has 1 saturated heterocycles. The molecule has 0 aromatic heterocycles. The standard InChI is InChI=1S/C21H24Br2N2O2/c22-16-11-15(12-17(23)13-16)14-27-20-5-10-26-19-4-2-1-3-18(19)21(20)25-8-6-24-7-9-25/h1-4,11-13,20-21,24H,5-10,14H2/t20-,21+/m0/s1. The van der Waals surface area contributed by atoms with E-state index in [9.17, 15) is 0 Å². The Labute approximate surface area is 177 Å². The Hall–Kier alpha value is -0.920. The average Bonchev–Trinajstić information content (AvgIpc) is 2.85. The van der Waals surface area contributed by atoms with Crippen molar-refractivity contribution in [2.45, 2.75) is 25.2 Å². The molecule has 0 radical (unpaired) electrons. The molecule has 0 amide bonds. The molecule has 2 aliphatic heterocycles. The SMILES string of the molecule is Brc1cc(Br)cc(CO[C@H]2CCOc3ccccc3[C@H]2N2CCNCC2)c1. The van der Waals surface area contributed by atoms with E-state index in [1.165, 1.54) is 5.56 Å². The highest BCUT2D eigenvalue weighted by Gasteiger charge is 2.34. The molecular weight excluding hydrogens is 472 g/mol. The van der Waals surface area contributed by atoms with Gasteiger partial charge in [-0.1, -0.05) is 50.1 Å². The number of nitrogens with one attached hydrogen (secondary N) is 1. The summed E-state index contributed by atoms with van der Waals surface area (Å²) in [5.74, 6) is 0.998. The molecule has 4 nitrogen and oxygen atoms in total. The average molecular weight is 496 g/mol. The van der Waals surface area contributed by atoms with Gasteiger partial charge in [0.2, 0.25) is 0 Å². The first-order chi connectivity index (χ1) is 13.2. The number of benzene rings is 2. The fourth-order valence-corrected chi connectivity index (χ4v) is 5.35. The largest absolute Gasteiger partial charge is 0.493 e. The molecule has 2 aromatic rings. The second-order valence-electron chi connectivity index (χ2n) is 7.03. The van der Waals surface area contributed by atoms with Crippen molar-refractivity contribution >= 4 is 31.9 Å². The molecule has 1 N–H and O–H groups in total. The molecule has 2 aromatic carbocycles. The monoisotopic (exact) mass is 494 g/mol. The maximum absolute atomic E-state index is 6.50. The third-order valence-electron chi connectivity index (χ3n) is 5.18. The van der Waals surface area contributed by atoms with E-state index in [2.05, 4.69) is 72.4 Å². The van der Waals surface area contributed by atoms with E-state index >= 15 is 0 Å². The predicted molar refractivity (Wildman–Crippen MR) is 114 cm³/mol. The number of hydrogen-bond donors (Lipinski definition) is 1. The first kappa shape index (κ1) is 19.4. The minimum absolute atomic E-state index is 0.101. The topological polar surface area (TPSA) is 33.7 Å². The van der Waals surface area contributed by atoms with Gasteiger partial charge in [-0.05, 0) is 29.8 Å². The quantitative estimate of drug-likeness (QED) is 0.675. The van der Waals surface area contributed by atoms with Crippen LogP contribution in [0.3, 0.4) is 0 Å². The first-order valence-electron chi connectivity index (χ1n) is 9.44. The van der Waals surface area contributed by atoms with Crippen LogP contribution < -0.4 is 10.1 Å². The van der Waals surface area contributed by atoms with Crippen molar-refractivity contribution in [2.75, 3.05) is 32.8 Å². The minimum atomic E-state index is 0.101. The molecule has 2 heterocycles. The zero-order chi connectivity index (χ0) is 18.6. The summed E-state index contributed by atoms with van der Waals surface area (Å²) in [5, 5.41) is 3.45. The zero-order valence-corrected chi connectivity index (χ0v) is 18.3. The van der Waals surface area contributed by atoms with Crippen LogP contribution in [0.1, 0.15) is 23.6 Å². The lowest BCUT2D eigenvalue weighted by molar-refractivity contribution is -0.0331. The van der Waals surface area contributed by atoms with E-state index in [1.54, 1.807) is 0 Å². The maximum Gasteiger partial charge on any atom is 0.124 e. The van der Waals surface area contributed by atoms with Gasteiger partial charge >= 0.3 is 0 Å². The molecule has 4 rings (SSSR count).